The van der Waals surface area contributed by atoms with Crippen molar-refractivity contribution < 1.29 is 14.3 Å². The van der Waals surface area contributed by atoms with Crippen molar-refractivity contribution in [1.29, 1.82) is 0 Å². The van der Waals surface area contributed by atoms with Crippen LogP contribution in [0.1, 0.15) is 16.7 Å². The van der Waals surface area contributed by atoms with Crippen LogP contribution in [0.15, 0.2) is 48.5 Å². The quantitative estimate of drug-likeness (QED) is 0.787. The summed E-state index contributed by atoms with van der Waals surface area (Å²) in [5, 5.41) is 0. The van der Waals surface area contributed by atoms with Crippen LogP contribution in [0.3, 0.4) is 0 Å². The highest BCUT2D eigenvalue weighted by atomic mass is 16.5. The van der Waals surface area contributed by atoms with E-state index in [4.69, 9.17) is 4.74 Å². The molecule has 1 aliphatic rings. The van der Waals surface area contributed by atoms with E-state index in [1.807, 2.05) is 55.5 Å². The monoisotopic (exact) mass is 338 g/mol. The second kappa shape index (κ2) is 7.38. The van der Waals surface area contributed by atoms with Gasteiger partial charge in [0.25, 0.3) is 0 Å². The minimum Gasteiger partial charge on any atom is -0.497 e. The molecule has 0 N–H and O–H groups in total. The zero-order valence-corrected chi connectivity index (χ0v) is 14.6. The summed E-state index contributed by atoms with van der Waals surface area (Å²) in [5.74, 6) is -0.0939. The Bertz CT molecular complexity index is 754. The van der Waals surface area contributed by atoms with Crippen LogP contribution in [0, 0.1) is 6.92 Å². The van der Waals surface area contributed by atoms with E-state index in [0.29, 0.717) is 26.2 Å². The fraction of sp³-hybridized carbons (Fsp3) is 0.300. The molecule has 0 spiro atoms. The van der Waals surface area contributed by atoms with E-state index in [9.17, 15) is 9.59 Å². The van der Waals surface area contributed by atoms with Gasteiger partial charge >= 0.3 is 11.8 Å². The van der Waals surface area contributed by atoms with E-state index in [1.54, 1.807) is 16.9 Å². The molecule has 2 amide bonds. The number of aryl methyl sites for hydroxylation is 1. The summed E-state index contributed by atoms with van der Waals surface area (Å²) in [4.78, 5) is 28.1. The van der Waals surface area contributed by atoms with Crippen molar-refractivity contribution in [1.82, 2.24) is 9.80 Å². The van der Waals surface area contributed by atoms with Gasteiger partial charge in [-0.3, -0.25) is 9.59 Å². The van der Waals surface area contributed by atoms with Gasteiger partial charge in [0.2, 0.25) is 0 Å². The molecule has 1 fully saturated rings. The highest BCUT2D eigenvalue weighted by Crippen LogP contribution is 2.16. The third-order valence-corrected chi connectivity index (χ3v) is 4.42. The molecule has 3 rings (SSSR count). The Kier molecular flexibility index (Phi) is 5.03. The predicted molar refractivity (Wildman–Crippen MR) is 95.0 cm³/mol. The van der Waals surface area contributed by atoms with E-state index in [0.717, 1.165) is 16.9 Å². The number of nitrogens with zero attached hydrogens (tertiary/aromatic N) is 2. The lowest BCUT2D eigenvalue weighted by Crippen LogP contribution is -2.53. The average Bonchev–Trinajstić information content (AvgIpc) is 2.64. The molecule has 0 bridgehead atoms. The first-order valence-electron chi connectivity index (χ1n) is 8.33. The number of carbonyl (C=O) groups is 2. The average molecular weight is 338 g/mol. The number of carbonyl (C=O) groups excluding carboxylic acids is 2. The van der Waals surface area contributed by atoms with Crippen molar-refractivity contribution >= 4 is 11.8 Å². The summed E-state index contributed by atoms with van der Waals surface area (Å²) in [6, 6.07) is 15.6. The summed E-state index contributed by atoms with van der Waals surface area (Å²) in [7, 11) is 1.62. The number of piperazine rings is 1. The van der Waals surface area contributed by atoms with Gasteiger partial charge in [0.1, 0.15) is 5.75 Å². The molecule has 0 saturated carbocycles. The van der Waals surface area contributed by atoms with Gasteiger partial charge in [0.15, 0.2) is 0 Å². The Morgan fingerprint density at radius 3 is 1.68 bits per heavy atom. The van der Waals surface area contributed by atoms with Gasteiger partial charge in [0, 0.05) is 26.2 Å². The zero-order valence-electron chi connectivity index (χ0n) is 14.6. The lowest BCUT2D eigenvalue weighted by atomic mass is 10.1. The number of benzene rings is 2. The fourth-order valence-electron chi connectivity index (χ4n) is 2.88. The maximum absolute atomic E-state index is 12.4. The summed E-state index contributed by atoms with van der Waals surface area (Å²) in [5.41, 5.74) is 3.19. The third-order valence-electron chi connectivity index (χ3n) is 4.42. The zero-order chi connectivity index (χ0) is 17.8. The summed E-state index contributed by atoms with van der Waals surface area (Å²) in [6.07, 6.45) is 0. The number of amides is 2. The molecule has 1 heterocycles. The van der Waals surface area contributed by atoms with Gasteiger partial charge in [0.05, 0.1) is 7.11 Å². The van der Waals surface area contributed by atoms with E-state index in [2.05, 4.69) is 0 Å². The minimum atomic E-state index is -0.436. The van der Waals surface area contributed by atoms with Crippen molar-refractivity contribution in [3.8, 4) is 5.75 Å². The number of hydrogen-bond acceptors (Lipinski definition) is 3. The van der Waals surface area contributed by atoms with Crippen molar-refractivity contribution in [3.63, 3.8) is 0 Å². The van der Waals surface area contributed by atoms with Crippen molar-refractivity contribution in [3.05, 3.63) is 65.2 Å². The predicted octanol–water partition coefficient (Wildman–Crippen LogP) is 2.37. The smallest absolute Gasteiger partial charge is 0.312 e. The summed E-state index contributed by atoms with van der Waals surface area (Å²) >= 11 is 0. The Morgan fingerprint density at radius 1 is 0.800 bits per heavy atom. The standard InChI is InChI=1S/C20H22N2O3/c1-15-3-5-16(6-4-15)13-21-11-12-22(20(24)19(21)23)14-17-7-9-18(25-2)10-8-17/h3-10H,11-14H2,1-2H3. The SMILES string of the molecule is COc1ccc(CN2CCN(Cc3ccc(C)cc3)C(=O)C2=O)cc1. The van der Waals surface area contributed by atoms with Crippen LogP contribution in [0.4, 0.5) is 0 Å². The van der Waals surface area contributed by atoms with Crippen molar-refractivity contribution in [2.75, 3.05) is 20.2 Å². The first kappa shape index (κ1) is 17.0. The molecule has 5 nitrogen and oxygen atoms in total. The van der Waals surface area contributed by atoms with Gasteiger partial charge in [-0.2, -0.15) is 0 Å². The molecule has 0 aliphatic carbocycles. The maximum Gasteiger partial charge on any atom is 0.312 e. The molecule has 1 saturated heterocycles. The topological polar surface area (TPSA) is 49.9 Å². The number of hydrogen-bond donors (Lipinski definition) is 0. The molecule has 5 heteroatoms. The number of methoxy groups -OCH3 is 1. The fourth-order valence-corrected chi connectivity index (χ4v) is 2.88. The van der Waals surface area contributed by atoms with Crippen LogP contribution in [0.25, 0.3) is 0 Å². The third kappa shape index (κ3) is 3.99. The van der Waals surface area contributed by atoms with Crippen molar-refractivity contribution in [2.24, 2.45) is 0 Å². The molecule has 0 unspecified atom stereocenters. The summed E-state index contributed by atoms with van der Waals surface area (Å²) in [6.45, 7) is 4.03. The Balaban J connectivity index is 1.62. The van der Waals surface area contributed by atoms with Gasteiger partial charge in [-0.1, -0.05) is 42.0 Å². The molecule has 0 atom stereocenters. The summed E-state index contributed by atoms with van der Waals surface area (Å²) < 4.78 is 5.13. The lowest BCUT2D eigenvalue weighted by molar-refractivity contribution is -0.156. The normalized spacial score (nSPS) is 14.8. The Hall–Kier alpha value is -2.82. The van der Waals surface area contributed by atoms with Crippen LogP contribution >= 0.6 is 0 Å². The Morgan fingerprint density at radius 2 is 1.24 bits per heavy atom. The van der Waals surface area contributed by atoms with Gasteiger partial charge in [-0.15, -0.1) is 0 Å². The Labute approximate surface area is 147 Å². The molecule has 1 aliphatic heterocycles. The second-order valence-electron chi connectivity index (χ2n) is 6.29. The second-order valence-corrected chi connectivity index (χ2v) is 6.29. The highest BCUT2D eigenvalue weighted by molar-refractivity contribution is 6.35. The molecule has 130 valence electrons. The van der Waals surface area contributed by atoms with Crippen LogP contribution < -0.4 is 4.74 Å². The van der Waals surface area contributed by atoms with E-state index >= 15 is 0 Å². The van der Waals surface area contributed by atoms with Crippen LogP contribution in [-0.2, 0) is 22.7 Å². The molecule has 0 aromatic heterocycles. The van der Waals surface area contributed by atoms with Gasteiger partial charge in [-0.25, -0.2) is 0 Å². The number of ether oxygens (including phenoxy) is 1. The van der Waals surface area contributed by atoms with Crippen molar-refractivity contribution in [2.45, 2.75) is 20.0 Å². The van der Waals surface area contributed by atoms with Gasteiger partial charge in [-0.05, 0) is 30.2 Å². The molecule has 25 heavy (non-hydrogen) atoms. The first-order chi connectivity index (χ1) is 12.1. The van der Waals surface area contributed by atoms with Crippen LogP contribution in [0.2, 0.25) is 0 Å². The van der Waals surface area contributed by atoms with Crippen LogP contribution in [0.5, 0.6) is 5.75 Å². The largest absolute Gasteiger partial charge is 0.497 e. The first-order valence-corrected chi connectivity index (χ1v) is 8.33. The van der Waals surface area contributed by atoms with E-state index in [1.165, 1.54) is 5.56 Å². The molecular weight excluding hydrogens is 316 g/mol. The minimum absolute atomic E-state index is 0.430. The lowest BCUT2D eigenvalue weighted by Gasteiger charge is -2.34. The van der Waals surface area contributed by atoms with Crippen LogP contribution in [-0.4, -0.2) is 41.8 Å². The molecule has 2 aromatic carbocycles. The van der Waals surface area contributed by atoms with Gasteiger partial charge < -0.3 is 14.5 Å². The highest BCUT2D eigenvalue weighted by Gasteiger charge is 2.32. The number of rotatable bonds is 5. The van der Waals surface area contributed by atoms with E-state index < -0.39 is 11.8 Å². The molecule has 0 radical (unpaired) electrons. The molecule has 2 aromatic rings. The van der Waals surface area contributed by atoms with E-state index in [-0.39, 0.29) is 0 Å². The molecular formula is C20H22N2O3. The maximum atomic E-state index is 12.4.